The number of nitrogens with one attached hydrogen (secondary N) is 1. The van der Waals surface area contributed by atoms with Crippen molar-refractivity contribution < 1.29 is 8.91 Å². The van der Waals surface area contributed by atoms with Crippen molar-refractivity contribution in [3.05, 3.63) is 54.3 Å². The normalized spacial score (nSPS) is 21.4. The molecule has 2 saturated heterocycles. The first kappa shape index (κ1) is 22.5. The summed E-state index contributed by atoms with van der Waals surface area (Å²) in [6.07, 6.45) is 8.41. The summed E-state index contributed by atoms with van der Waals surface area (Å²) < 4.78 is 21.8. The van der Waals surface area contributed by atoms with Gasteiger partial charge in [0, 0.05) is 29.5 Å². The maximum absolute atomic E-state index is 14.8. The van der Waals surface area contributed by atoms with Crippen LogP contribution in [0.1, 0.15) is 68.6 Å². The third-order valence-electron chi connectivity index (χ3n) is 7.10. The van der Waals surface area contributed by atoms with Crippen LogP contribution in [-0.2, 0) is 0 Å². The summed E-state index contributed by atoms with van der Waals surface area (Å²) in [4.78, 5) is 24.0. The molecule has 2 aliphatic heterocycles. The molecular formula is C24H27FN10O. The fourth-order valence-electron chi connectivity index (χ4n) is 5.30. The van der Waals surface area contributed by atoms with Gasteiger partial charge in [-0.25, -0.2) is 19.6 Å². The largest absolute Gasteiger partial charge is 0.350 e. The molecule has 2 fully saturated rings. The van der Waals surface area contributed by atoms with E-state index in [2.05, 4.69) is 59.2 Å². The highest BCUT2D eigenvalue weighted by Gasteiger charge is 2.44. The molecule has 36 heavy (non-hydrogen) atoms. The minimum atomic E-state index is -0.649. The highest BCUT2D eigenvalue weighted by atomic mass is 19.1. The lowest BCUT2D eigenvalue weighted by atomic mass is 9.90. The van der Waals surface area contributed by atoms with Crippen LogP contribution in [0.3, 0.4) is 0 Å². The predicted octanol–water partition coefficient (Wildman–Crippen LogP) is 4.06. The molecule has 0 saturated carbocycles. The molecule has 2 aliphatic rings. The second kappa shape index (κ2) is 8.92. The van der Waals surface area contributed by atoms with Gasteiger partial charge in [0.05, 0.1) is 5.69 Å². The number of rotatable bonds is 6. The fraction of sp³-hybridized carbons (Fsp3) is 0.458. The molecule has 0 aromatic carbocycles. The van der Waals surface area contributed by atoms with Gasteiger partial charge in [0.25, 0.3) is 0 Å². The third kappa shape index (κ3) is 3.95. The highest BCUT2D eigenvalue weighted by molar-refractivity contribution is 5.66. The zero-order valence-electron chi connectivity index (χ0n) is 20.3. The van der Waals surface area contributed by atoms with E-state index in [1.807, 2.05) is 6.92 Å². The van der Waals surface area contributed by atoms with Crippen molar-refractivity contribution in [2.45, 2.75) is 70.4 Å². The summed E-state index contributed by atoms with van der Waals surface area (Å²) in [5.41, 5.74) is 1.10. The number of hydrogen-bond acceptors (Lipinski definition) is 10. The van der Waals surface area contributed by atoms with E-state index < -0.39 is 5.95 Å². The zero-order chi connectivity index (χ0) is 24.8. The number of anilines is 3. The van der Waals surface area contributed by atoms with Gasteiger partial charge in [-0.1, -0.05) is 19.0 Å². The molecule has 2 atom stereocenters. The number of fused-ring (bicyclic) bond motifs is 2. The van der Waals surface area contributed by atoms with Gasteiger partial charge in [0.15, 0.2) is 11.6 Å². The summed E-state index contributed by atoms with van der Waals surface area (Å²) in [7, 11) is 0. The van der Waals surface area contributed by atoms with Crippen molar-refractivity contribution >= 4 is 17.3 Å². The minimum absolute atomic E-state index is 0.227. The Bertz CT molecular complexity index is 1360. The van der Waals surface area contributed by atoms with Crippen molar-refractivity contribution in [3.8, 4) is 5.82 Å². The molecule has 186 valence electrons. The second-order valence-electron chi connectivity index (χ2n) is 9.75. The van der Waals surface area contributed by atoms with E-state index >= 15 is 0 Å². The number of piperidine rings is 1. The summed E-state index contributed by atoms with van der Waals surface area (Å²) in [5.74, 6) is 3.12. The highest BCUT2D eigenvalue weighted by Crippen LogP contribution is 2.45. The van der Waals surface area contributed by atoms with Crippen LogP contribution in [0.15, 0.2) is 35.6 Å². The van der Waals surface area contributed by atoms with Crippen LogP contribution in [0, 0.1) is 12.9 Å². The van der Waals surface area contributed by atoms with Crippen molar-refractivity contribution in [1.29, 1.82) is 0 Å². The Labute approximate surface area is 207 Å². The summed E-state index contributed by atoms with van der Waals surface area (Å²) in [6, 6.07) is 3.94. The van der Waals surface area contributed by atoms with E-state index in [1.54, 1.807) is 12.1 Å². The van der Waals surface area contributed by atoms with Gasteiger partial charge in [-0.2, -0.15) is 19.5 Å². The van der Waals surface area contributed by atoms with Crippen LogP contribution in [0.5, 0.6) is 0 Å². The Morgan fingerprint density at radius 1 is 1.08 bits per heavy atom. The number of pyridine rings is 1. The van der Waals surface area contributed by atoms with E-state index in [0.29, 0.717) is 23.7 Å². The van der Waals surface area contributed by atoms with Crippen LogP contribution < -0.4 is 10.2 Å². The maximum atomic E-state index is 14.8. The average molecular weight is 491 g/mol. The Balaban J connectivity index is 1.22. The lowest BCUT2D eigenvalue weighted by molar-refractivity contribution is 0.304. The molecule has 11 nitrogen and oxygen atoms in total. The van der Waals surface area contributed by atoms with Gasteiger partial charge in [0.2, 0.25) is 11.8 Å². The van der Waals surface area contributed by atoms with Crippen LogP contribution >= 0.6 is 0 Å². The lowest BCUT2D eigenvalue weighted by Gasteiger charge is -2.39. The van der Waals surface area contributed by atoms with Crippen LogP contribution in [-0.4, -0.2) is 51.9 Å². The SMILES string of the molecule is Cc1c(Nc2ccc(-n3cncn3)nc2F)ncnc1N1C2CCC1CC(c1nc(C(C)C)no1)C2. The van der Waals surface area contributed by atoms with Gasteiger partial charge in [-0.3, -0.25) is 0 Å². The van der Waals surface area contributed by atoms with Crippen LogP contribution in [0.4, 0.5) is 21.7 Å². The average Bonchev–Trinajstić information content (AvgIpc) is 3.62. The first-order valence-electron chi connectivity index (χ1n) is 12.2. The minimum Gasteiger partial charge on any atom is -0.350 e. The van der Waals surface area contributed by atoms with Gasteiger partial charge in [-0.15, -0.1) is 0 Å². The molecule has 2 unspecified atom stereocenters. The fourth-order valence-corrected chi connectivity index (χ4v) is 5.30. The Morgan fingerprint density at radius 3 is 2.56 bits per heavy atom. The van der Waals surface area contributed by atoms with Crippen molar-refractivity contribution in [1.82, 2.24) is 39.9 Å². The van der Waals surface area contributed by atoms with Gasteiger partial charge < -0.3 is 14.7 Å². The number of nitrogens with zero attached hydrogens (tertiary/aromatic N) is 9. The molecule has 0 spiro atoms. The van der Waals surface area contributed by atoms with Gasteiger partial charge in [-0.05, 0) is 44.7 Å². The smallest absolute Gasteiger partial charge is 0.238 e. The van der Waals surface area contributed by atoms with Crippen molar-refractivity contribution in [2.24, 2.45) is 0 Å². The molecular weight excluding hydrogens is 463 g/mol. The van der Waals surface area contributed by atoms with Crippen molar-refractivity contribution in [2.75, 3.05) is 10.2 Å². The van der Waals surface area contributed by atoms with Gasteiger partial charge >= 0.3 is 0 Å². The molecule has 6 rings (SSSR count). The second-order valence-corrected chi connectivity index (χ2v) is 9.75. The first-order valence-corrected chi connectivity index (χ1v) is 12.2. The molecule has 6 heterocycles. The number of aromatic nitrogens is 8. The Morgan fingerprint density at radius 2 is 1.89 bits per heavy atom. The molecule has 2 bridgehead atoms. The molecule has 4 aromatic heterocycles. The molecule has 12 heteroatoms. The van der Waals surface area contributed by atoms with E-state index in [4.69, 9.17) is 4.52 Å². The Hall–Kier alpha value is -3.96. The molecule has 1 N–H and O–H groups in total. The standard InChI is InChI=1S/C24H27FN10O/c1-13(2)21-32-24(36-33-21)15-8-16-4-5-17(9-15)35(16)23-14(3)22(27-11-28-23)30-18-6-7-19(31-20(18)25)34-12-26-10-29-34/h6-7,10-13,15-17H,4-5,8-9H2,1-3H3,(H,27,28,30). The zero-order valence-corrected chi connectivity index (χ0v) is 20.3. The number of hydrogen-bond donors (Lipinski definition) is 1. The molecule has 0 aliphatic carbocycles. The van der Waals surface area contributed by atoms with Crippen molar-refractivity contribution in [3.63, 3.8) is 0 Å². The Kier molecular flexibility index (Phi) is 5.57. The van der Waals surface area contributed by atoms with E-state index in [1.165, 1.54) is 23.7 Å². The summed E-state index contributed by atoms with van der Waals surface area (Å²) in [5, 5.41) is 11.2. The molecule has 0 radical (unpaired) electrons. The summed E-state index contributed by atoms with van der Waals surface area (Å²) >= 11 is 0. The molecule has 0 amide bonds. The van der Waals surface area contributed by atoms with Crippen LogP contribution in [0.25, 0.3) is 5.82 Å². The van der Waals surface area contributed by atoms with E-state index in [0.717, 1.165) is 48.8 Å². The third-order valence-corrected chi connectivity index (χ3v) is 7.10. The monoisotopic (exact) mass is 490 g/mol. The number of halogens is 1. The predicted molar refractivity (Wildman–Crippen MR) is 129 cm³/mol. The van der Waals surface area contributed by atoms with E-state index in [9.17, 15) is 4.39 Å². The summed E-state index contributed by atoms with van der Waals surface area (Å²) in [6.45, 7) is 6.10. The van der Waals surface area contributed by atoms with E-state index in [-0.39, 0.29) is 17.5 Å². The topological polar surface area (TPSA) is 124 Å². The van der Waals surface area contributed by atoms with Gasteiger partial charge in [0.1, 0.15) is 30.6 Å². The van der Waals surface area contributed by atoms with Crippen LogP contribution in [0.2, 0.25) is 0 Å². The lowest BCUT2D eigenvalue weighted by Crippen LogP contribution is -2.43. The molecule has 4 aromatic rings. The quantitative estimate of drug-likeness (QED) is 0.396. The maximum Gasteiger partial charge on any atom is 0.238 e. The first-order chi connectivity index (χ1) is 17.5.